The molecule has 3 aromatic rings. The number of alkyl halides is 3. The van der Waals surface area contributed by atoms with E-state index in [9.17, 15) is 27.5 Å². The molecule has 2 aliphatic heterocycles. The van der Waals surface area contributed by atoms with E-state index in [0.29, 0.717) is 37.2 Å². The van der Waals surface area contributed by atoms with Gasteiger partial charge in [0, 0.05) is 25.2 Å². The van der Waals surface area contributed by atoms with Crippen molar-refractivity contribution in [3.63, 3.8) is 0 Å². The number of likely N-dealkylation sites (tertiary alicyclic amines) is 1. The Kier molecular flexibility index (Phi) is 7.12. The van der Waals surface area contributed by atoms with Crippen molar-refractivity contribution < 1.29 is 36.9 Å². The molecular weight excluding hydrogens is 502 g/mol. The smallest absolute Gasteiger partial charge is 0.417 e. The Bertz CT molecular complexity index is 1370. The van der Waals surface area contributed by atoms with Crippen molar-refractivity contribution in [1.82, 2.24) is 4.90 Å². The number of benzene rings is 3. The number of aliphatic carboxylic acids is 1. The highest BCUT2D eigenvalue weighted by atomic mass is 19.4. The lowest BCUT2D eigenvalue weighted by Gasteiger charge is -2.23. The summed E-state index contributed by atoms with van der Waals surface area (Å²) >= 11 is 0. The zero-order chi connectivity index (χ0) is 26.9. The van der Waals surface area contributed by atoms with E-state index in [0.717, 1.165) is 11.6 Å². The van der Waals surface area contributed by atoms with Gasteiger partial charge in [-0.05, 0) is 47.4 Å². The minimum atomic E-state index is -4.55. The zero-order valence-electron chi connectivity index (χ0n) is 20.3. The standard InChI is InChI=1S/C29H25F4NO4/c30-26-12-22(13-27-24(26)10-19(17-38-27)14-34-9-8-21(15-34)28(35)36)37-16-18-6-7-23(20-4-2-1-3-5-20)25(11-18)29(31,32)33/h1-7,10-13,21H,8-9,14-17H2,(H,35,36)/t21-/m0/s1. The van der Waals surface area contributed by atoms with Crippen molar-refractivity contribution in [3.05, 3.63) is 88.7 Å². The molecule has 1 fully saturated rings. The Labute approximate surface area is 216 Å². The van der Waals surface area contributed by atoms with Crippen molar-refractivity contribution >= 4 is 12.0 Å². The number of ether oxygens (including phenoxy) is 2. The van der Waals surface area contributed by atoms with Crippen LogP contribution in [-0.4, -0.2) is 42.2 Å². The lowest BCUT2D eigenvalue weighted by Crippen LogP contribution is -2.27. The predicted molar refractivity (Wildman–Crippen MR) is 133 cm³/mol. The first-order chi connectivity index (χ1) is 18.2. The van der Waals surface area contributed by atoms with Gasteiger partial charge in [0.05, 0.1) is 17.0 Å². The largest absolute Gasteiger partial charge is 0.489 e. The maximum Gasteiger partial charge on any atom is 0.417 e. The van der Waals surface area contributed by atoms with E-state index in [1.807, 2.05) is 4.90 Å². The van der Waals surface area contributed by atoms with Crippen LogP contribution in [0.5, 0.6) is 11.5 Å². The van der Waals surface area contributed by atoms with Gasteiger partial charge < -0.3 is 14.6 Å². The monoisotopic (exact) mass is 527 g/mol. The SMILES string of the molecule is O=C(O)[C@H]1CCN(CC2=Cc3c(F)cc(OCc4ccc(-c5ccccc5)c(C(F)(F)F)c4)cc3OC2)C1. The highest BCUT2D eigenvalue weighted by Crippen LogP contribution is 2.38. The molecule has 0 bridgehead atoms. The maximum atomic E-state index is 14.9. The van der Waals surface area contributed by atoms with Gasteiger partial charge in [-0.15, -0.1) is 0 Å². The summed E-state index contributed by atoms with van der Waals surface area (Å²) in [6.07, 6.45) is -2.28. The molecule has 2 heterocycles. The van der Waals surface area contributed by atoms with Gasteiger partial charge in [-0.25, -0.2) is 4.39 Å². The Morgan fingerprint density at radius 3 is 2.61 bits per heavy atom. The van der Waals surface area contributed by atoms with Crippen molar-refractivity contribution in [1.29, 1.82) is 0 Å². The van der Waals surface area contributed by atoms with Crippen LogP contribution in [0.2, 0.25) is 0 Å². The third-order valence-electron chi connectivity index (χ3n) is 6.75. The average Bonchev–Trinajstić information content (AvgIpc) is 3.37. The highest BCUT2D eigenvalue weighted by molar-refractivity contribution is 5.71. The van der Waals surface area contributed by atoms with Crippen LogP contribution in [-0.2, 0) is 17.6 Å². The Morgan fingerprint density at radius 2 is 1.89 bits per heavy atom. The number of hydrogen-bond acceptors (Lipinski definition) is 4. The summed E-state index contributed by atoms with van der Waals surface area (Å²) in [6, 6.07) is 15.1. The predicted octanol–water partition coefficient (Wildman–Crippen LogP) is 6.27. The summed E-state index contributed by atoms with van der Waals surface area (Å²) in [4.78, 5) is 13.2. The number of carboxylic acid groups (broad SMARTS) is 1. The van der Waals surface area contributed by atoms with E-state index in [-0.39, 0.29) is 35.8 Å². The lowest BCUT2D eigenvalue weighted by molar-refractivity contribution is -0.141. The van der Waals surface area contributed by atoms with Crippen LogP contribution in [0.25, 0.3) is 17.2 Å². The number of carbonyl (C=O) groups is 1. The van der Waals surface area contributed by atoms with Gasteiger partial charge in [0.25, 0.3) is 0 Å². The number of halogens is 4. The molecular formula is C29H25F4NO4. The van der Waals surface area contributed by atoms with Crippen LogP contribution in [0.1, 0.15) is 23.1 Å². The molecule has 1 saturated heterocycles. The molecule has 198 valence electrons. The number of rotatable bonds is 7. The molecule has 0 amide bonds. The number of carboxylic acids is 1. The molecule has 3 aromatic carbocycles. The van der Waals surface area contributed by atoms with E-state index in [4.69, 9.17) is 9.47 Å². The van der Waals surface area contributed by atoms with Crippen molar-refractivity contribution in [3.8, 4) is 22.6 Å². The summed E-state index contributed by atoms with van der Waals surface area (Å²) in [6.45, 7) is 1.62. The second kappa shape index (κ2) is 10.5. The van der Waals surface area contributed by atoms with Gasteiger partial charge >= 0.3 is 12.1 Å². The van der Waals surface area contributed by atoms with Gasteiger partial charge in [-0.3, -0.25) is 9.69 Å². The molecule has 9 heteroatoms. The van der Waals surface area contributed by atoms with Gasteiger partial charge in [-0.1, -0.05) is 42.5 Å². The summed E-state index contributed by atoms with van der Waals surface area (Å²) in [5.41, 5.74) is 1.15. The molecule has 0 saturated carbocycles. The number of nitrogens with zero attached hydrogens (tertiary/aromatic N) is 1. The third-order valence-corrected chi connectivity index (χ3v) is 6.75. The molecule has 0 aromatic heterocycles. The second-order valence-electron chi connectivity index (χ2n) is 9.50. The number of hydrogen-bond donors (Lipinski definition) is 1. The highest BCUT2D eigenvalue weighted by Gasteiger charge is 2.34. The van der Waals surface area contributed by atoms with Gasteiger partial charge in [0.15, 0.2) is 0 Å². The molecule has 0 aliphatic carbocycles. The average molecular weight is 528 g/mol. The Balaban J connectivity index is 1.29. The molecule has 5 rings (SSSR count). The van der Waals surface area contributed by atoms with Crippen LogP contribution in [0.15, 0.2) is 66.2 Å². The fraction of sp³-hybridized carbons (Fsp3) is 0.276. The first-order valence-corrected chi connectivity index (χ1v) is 12.2. The summed E-state index contributed by atoms with van der Waals surface area (Å²) in [5.74, 6) is -1.36. The van der Waals surface area contributed by atoms with Crippen molar-refractivity contribution in [2.45, 2.75) is 19.2 Å². The van der Waals surface area contributed by atoms with E-state index in [2.05, 4.69) is 0 Å². The molecule has 1 atom stereocenters. The van der Waals surface area contributed by atoms with E-state index in [1.165, 1.54) is 18.2 Å². The van der Waals surface area contributed by atoms with Crippen molar-refractivity contribution in [2.24, 2.45) is 5.92 Å². The molecule has 38 heavy (non-hydrogen) atoms. The second-order valence-corrected chi connectivity index (χ2v) is 9.50. The number of fused-ring (bicyclic) bond motifs is 1. The van der Waals surface area contributed by atoms with Crippen LogP contribution in [0.3, 0.4) is 0 Å². The van der Waals surface area contributed by atoms with E-state index in [1.54, 1.807) is 42.5 Å². The van der Waals surface area contributed by atoms with Crippen LogP contribution in [0, 0.1) is 11.7 Å². The van der Waals surface area contributed by atoms with Crippen molar-refractivity contribution in [2.75, 3.05) is 26.2 Å². The minimum Gasteiger partial charge on any atom is -0.489 e. The normalized spacial score (nSPS) is 17.5. The summed E-state index contributed by atoms with van der Waals surface area (Å²) in [5, 5.41) is 9.18. The molecule has 0 spiro atoms. The van der Waals surface area contributed by atoms with Gasteiger partial charge in [0.2, 0.25) is 0 Å². The van der Waals surface area contributed by atoms with Crippen LogP contribution in [0.4, 0.5) is 17.6 Å². The van der Waals surface area contributed by atoms with E-state index >= 15 is 0 Å². The molecule has 0 unspecified atom stereocenters. The van der Waals surface area contributed by atoms with Gasteiger partial charge in [0.1, 0.15) is 30.5 Å². The van der Waals surface area contributed by atoms with E-state index < -0.39 is 29.4 Å². The fourth-order valence-corrected chi connectivity index (χ4v) is 4.84. The first kappa shape index (κ1) is 25.8. The topological polar surface area (TPSA) is 59.0 Å². The third kappa shape index (κ3) is 5.67. The Morgan fingerprint density at radius 1 is 1.11 bits per heavy atom. The summed E-state index contributed by atoms with van der Waals surface area (Å²) < 4.78 is 67.7. The lowest BCUT2D eigenvalue weighted by atomic mass is 9.97. The molecule has 5 nitrogen and oxygen atoms in total. The van der Waals surface area contributed by atoms with Crippen LogP contribution < -0.4 is 9.47 Å². The summed E-state index contributed by atoms with van der Waals surface area (Å²) in [7, 11) is 0. The zero-order valence-corrected chi connectivity index (χ0v) is 20.3. The molecule has 1 N–H and O–H groups in total. The van der Waals surface area contributed by atoms with Gasteiger partial charge in [-0.2, -0.15) is 13.2 Å². The fourth-order valence-electron chi connectivity index (χ4n) is 4.84. The molecule has 2 aliphatic rings. The minimum absolute atomic E-state index is 0.0741. The Hall–Kier alpha value is -3.85. The maximum absolute atomic E-state index is 14.9. The first-order valence-electron chi connectivity index (χ1n) is 12.2. The quantitative estimate of drug-likeness (QED) is 0.367. The van der Waals surface area contributed by atoms with Crippen LogP contribution >= 0.6 is 0 Å². The molecule has 0 radical (unpaired) electrons.